The van der Waals surface area contributed by atoms with Gasteiger partial charge in [-0.05, 0) is 47.0 Å². The Morgan fingerprint density at radius 1 is 1.47 bits per heavy atom. The SMILES string of the molecule is CC(CCCNc1ccc(C(N)=O)c(Br)c1)C(=O)O. The molecule has 0 aliphatic carbocycles. The van der Waals surface area contributed by atoms with Gasteiger partial charge in [0.1, 0.15) is 0 Å². The molecule has 1 aromatic rings. The Bertz CT molecular complexity index is 477. The molecule has 1 atom stereocenters. The molecular formula is C13H17BrN2O3. The predicted octanol–water partition coefficient (Wildman–Crippen LogP) is 2.46. The lowest BCUT2D eigenvalue weighted by atomic mass is 10.1. The first-order chi connectivity index (χ1) is 8.91. The maximum Gasteiger partial charge on any atom is 0.306 e. The van der Waals surface area contributed by atoms with Crippen LogP contribution in [0.2, 0.25) is 0 Å². The summed E-state index contributed by atoms with van der Waals surface area (Å²) in [4.78, 5) is 21.7. The second kappa shape index (κ2) is 7.13. The van der Waals surface area contributed by atoms with Crippen LogP contribution in [0.5, 0.6) is 0 Å². The summed E-state index contributed by atoms with van der Waals surface area (Å²) in [6.07, 6.45) is 1.39. The molecule has 1 amide bonds. The third-order valence-electron chi connectivity index (χ3n) is 2.80. The highest BCUT2D eigenvalue weighted by Crippen LogP contribution is 2.21. The molecule has 0 aromatic heterocycles. The van der Waals surface area contributed by atoms with E-state index in [0.717, 1.165) is 12.1 Å². The van der Waals surface area contributed by atoms with Crippen LogP contribution in [0, 0.1) is 5.92 Å². The van der Waals surface area contributed by atoms with Crippen LogP contribution in [-0.4, -0.2) is 23.5 Å². The van der Waals surface area contributed by atoms with Gasteiger partial charge in [-0.3, -0.25) is 9.59 Å². The molecule has 104 valence electrons. The number of benzene rings is 1. The molecule has 1 unspecified atom stereocenters. The first-order valence-electron chi connectivity index (χ1n) is 5.98. The van der Waals surface area contributed by atoms with Gasteiger partial charge in [-0.2, -0.15) is 0 Å². The smallest absolute Gasteiger partial charge is 0.306 e. The fraction of sp³-hybridized carbons (Fsp3) is 0.385. The van der Waals surface area contributed by atoms with Crippen molar-refractivity contribution in [2.45, 2.75) is 19.8 Å². The molecule has 0 saturated heterocycles. The zero-order valence-electron chi connectivity index (χ0n) is 10.6. The third-order valence-corrected chi connectivity index (χ3v) is 3.46. The summed E-state index contributed by atoms with van der Waals surface area (Å²) >= 11 is 3.28. The van der Waals surface area contributed by atoms with E-state index in [4.69, 9.17) is 10.8 Å². The standard InChI is InChI=1S/C13H17BrN2O3/c1-8(13(18)19)3-2-6-16-9-4-5-10(12(15)17)11(14)7-9/h4-5,7-8,16H,2-3,6H2,1H3,(H2,15,17)(H,18,19). The van der Waals surface area contributed by atoms with Crippen LogP contribution in [0.15, 0.2) is 22.7 Å². The Balaban J connectivity index is 2.44. The molecule has 19 heavy (non-hydrogen) atoms. The summed E-state index contributed by atoms with van der Waals surface area (Å²) in [5.74, 6) is -1.58. The average Bonchev–Trinajstić information content (AvgIpc) is 2.33. The molecule has 5 nitrogen and oxygen atoms in total. The highest BCUT2D eigenvalue weighted by Gasteiger charge is 2.10. The fourth-order valence-electron chi connectivity index (χ4n) is 1.59. The van der Waals surface area contributed by atoms with Gasteiger partial charge in [-0.25, -0.2) is 0 Å². The number of rotatable bonds is 7. The highest BCUT2D eigenvalue weighted by molar-refractivity contribution is 9.10. The quantitative estimate of drug-likeness (QED) is 0.670. The van der Waals surface area contributed by atoms with Gasteiger partial charge in [0, 0.05) is 16.7 Å². The molecule has 0 aliphatic rings. The topological polar surface area (TPSA) is 92.4 Å². The van der Waals surface area contributed by atoms with Crippen LogP contribution in [0.3, 0.4) is 0 Å². The van der Waals surface area contributed by atoms with Crippen molar-refractivity contribution in [2.75, 3.05) is 11.9 Å². The Morgan fingerprint density at radius 3 is 2.68 bits per heavy atom. The number of aliphatic carboxylic acids is 1. The van der Waals surface area contributed by atoms with Crippen molar-refractivity contribution in [3.8, 4) is 0 Å². The second-order valence-corrected chi connectivity index (χ2v) is 5.22. The highest BCUT2D eigenvalue weighted by atomic mass is 79.9. The van der Waals surface area contributed by atoms with E-state index in [2.05, 4.69) is 21.2 Å². The van der Waals surface area contributed by atoms with E-state index in [1.807, 2.05) is 0 Å². The Morgan fingerprint density at radius 2 is 2.16 bits per heavy atom. The van der Waals surface area contributed by atoms with Crippen LogP contribution in [-0.2, 0) is 4.79 Å². The van der Waals surface area contributed by atoms with Gasteiger partial charge >= 0.3 is 5.97 Å². The number of halogens is 1. The van der Waals surface area contributed by atoms with E-state index in [1.165, 1.54) is 0 Å². The molecule has 4 N–H and O–H groups in total. The number of amides is 1. The van der Waals surface area contributed by atoms with Crippen molar-refractivity contribution in [2.24, 2.45) is 11.7 Å². The van der Waals surface area contributed by atoms with Crippen molar-refractivity contribution in [3.05, 3.63) is 28.2 Å². The number of hydrogen-bond acceptors (Lipinski definition) is 3. The lowest BCUT2D eigenvalue weighted by Crippen LogP contribution is -2.13. The van der Waals surface area contributed by atoms with Crippen LogP contribution >= 0.6 is 15.9 Å². The molecule has 0 spiro atoms. The average molecular weight is 329 g/mol. The third kappa shape index (κ3) is 4.90. The number of nitrogens with two attached hydrogens (primary N) is 1. The van der Waals surface area contributed by atoms with Gasteiger partial charge in [0.15, 0.2) is 0 Å². The molecule has 1 rings (SSSR count). The Labute approximate surface area is 120 Å². The normalized spacial score (nSPS) is 11.9. The molecule has 0 heterocycles. The summed E-state index contributed by atoms with van der Waals surface area (Å²) in [5.41, 5.74) is 6.50. The van der Waals surface area contributed by atoms with Gasteiger partial charge in [0.2, 0.25) is 5.91 Å². The van der Waals surface area contributed by atoms with Gasteiger partial charge in [-0.1, -0.05) is 6.92 Å². The minimum atomic E-state index is -0.770. The Hall–Kier alpha value is -1.56. The zero-order chi connectivity index (χ0) is 14.4. The lowest BCUT2D eigenvalue weighted by Gasteiger charge is -2.09. The number of carboxylic acid groups (broad SMARTS) is 1. The van der Waals surface area contributed by atoms with Crippen molar-refractivity contribution < 1.29 is 14.7 Å². The summed E-state index contributed by atoms with van der Waals surface area (Å²) in [5, 5.41) is 11.9. The monoisotopic (exact) mass is 328 g/mol. The molecule has 0 aliphatic heterocycles. The molecule has 1 aromatic carbocycles. The fourth-order valence-corrected chi connectivity index (χ4v) is 2.16. The minimum Gasteiger partial charge on any atom is -0.481 e. The van der Waals surface area contributed by atoms with Crippen LogP contribution < -0.4 is 11.1 Å². The number of carbonyl (C=O) groups is 2. The maximum atomic E-state index is 11.0. The molecule has 0 fully saturated rings. The summed E-state index contributed by atoms with van der Waals surface area (Å²) in [6, 6.07) is 5.20. The van der Waals surface area contributed by atoms with Gasteiger partial charge in [-0.15, -0.1) is 0 Å². The lowest BCUT2D eigenvalue weighted by molar-refractivity contribution is -0.141. The molecule has 0 radical (unpaired) electrons. The number of hydrogen-bond donors (Lipinski definition) is 3. The molecular weight excluding hydrogens is 312 g/mol. The zero-order valence-corrected chi connectivity index (χ0v) is 12.2. The van der Waals surface area contributed by atoms with E-state index in [1.54, 1.807) is 25.1 Å². The van der Waals surface area contributed by atoms with Crippen molar-refractivity contribution >= 4 is 33.5 Å². The van der Waals surface area contributed by atoms with Crippen molar-refractivity contribution in [1.29, 1.82) is 0 Å². The van der Waals surface area contributed by atoms with Gasteiger partial charge < -0.3 is 16.2 Å². The minimum absolute atomic E-state index is 0.328. The number of anilines is 1. The second-order valence-electron chi connectivity index (χ2n) is 4.37. The predicted molar refractivity (Wildman–Crippen MR) is 77.2 cm³/mol. The number of carbonyl (C=O) groups excluding carboxylic acids is 1. The maximum absolute atomic E-state index is 11.0. The first kappa shape index (κ1) is 15.5. The number of carboxylic acids is 1. The van der Waals surface area contributed by atoms with Gasteiger partial charge in [0.25, 0.3) is 0 Å². The van der Waals surface area contributed by atoms with Crippen LogP contribution in [0.25, 0.3) is 0 Å². The molecule has 6 heteroatoms. The number of primary amides is 1. The molecule has 0 saturated carbocycles. The van der Waals surface area contributed by atoms with E-state index in [0.29, 0.717) is 23.0 Å². The molecule has 0 bridgehead atoms. The Kier molecular flexibility index (Phi) is 5.82. The van der Waals surface area contributed by atoms with E-state index >= 15 is 0 Å². The van der Waals surface area contributed by atoms with Crippen molar-refractivity contribution in [3.63, 3.8) is 0 Å². The summed E-state index contributed by atoms with van der Waals surface area (Å²) in [7, 11) is 0. The van der Waals surface area contributed by atoms with Crippen LogP contribution in [0.4, 0.5) is 5.69 Å². The number of nitrogens with one attached hydrogen (secondary N) is 1. The van der Waals surface area contributed by atoms with Crippen LogP contribution in [0.1, 0.15) is 30.1 Å². The van der Waals surface area contributed by atoms with E-state index in [9.17, 15) is 9.59 Å². The van der Waals surface area contributed by atoms with E-state index in [-0.39, 0.29) is 5.92 Å². The van der Waals surface area contributed by atoms with Crippen molar-refractivity contribution in [1.82, 2.24) is 0 Å². The van der Waals surface area contributed by atoms with Gasteiger partial charge in [0.05, 0.1) is 11.5 Å². The summed E-state index contributed by atoms with van der Waals surface area (Å²) < 4.78 is 0.643. The summed E-state index contributed by atoms with van der Waals surface area (Å²) in [6.45, 7) is 2.38. The van der Waals surface area contributed by atoms with E-state index < -0.39 is 11.9 Å². The largest absolute Gasteiger partial charge is 0.481 e. The first-order valence-corrected chi connectivity index (χ1v) is 6.77.